The molecule has 2 aromatic carbocycles. The largest absolute Gasteiger partial charge is 0.496 e. The second-order valence-electron chi connectivity index (χ2n) is 6.66. The van der Waals surface area contributed by atoms with Gasteiger partial charge in [-0.1, -0.05) is 36.4 Å². The molecule has 4 rings (SSSR count). The van der Waals surface area contributed by atoms with Crippen LogP contribution in [0.2, 0.25) is 0 Å². The minimum absolute atomic E-state index is 0.167. The highest BCUT2D eigenvalue weighted by atomic mass is 16.5. The number of rotatable bonds is 6. The molecule has 0 saturated carbocycles. The molecule has 0 saturated heterocycles. The van der Waals surface area contributed by atoms with E-state index in [0.29, 0.717) is 27.8 Å². The number of amides is 1. The van der Waals surface area contributed by atoms with E-state index in [1.165, 1.54) is 11.8 Å². The number of benzene rings is 2. The number of fused-ring (bicyclic) bond motifs is 1. The summed E-state index contributed by atoms with van der Waals surface area (Å²) in [7, 11) is 1.52. The molecule has 7 nitrogen and oxygen atoms in total. The zero-order valence-corrected chi connectivity index (χ0v) is 16.4. The smallest absolute Gasteiger partial charge is 0.275 e. The van der Waals surface area contributed by atoms with Crippen molar-refractivity contribution < 1.29 is 9.53 Å². The number of hydrogen-bond donors (Lipinski definition) is 1. The quantitative estimate of drug-likeness (QED) is 0.538. The minimum Gasteiger partial charge on any atom is -0.496 e. The van der Waals surface area contributed by atoms with Crippen molar-refractivity contribution in [1.29, 1.82) is 0 Å². The zero-order chi connectivity index (χ0) is 20.9. The van der Waals surface area contributed by atoms with Gasteiger partial charge in [-0.05, 0) is 30.3 Å². The summed E-state index contributed by atoms with van der Waals surface area (Å²) in [6.07, 6.45) is 1.68. The molecule has 2 heterocycles. The van der Waals surface area contributed by atoms with Gasteiger partial charge >= 0.3 is 0 Å². The Bertz CT molecular complexity index is 1250. The molecule has 2 aromatic heterocycles. The molecule has 0 aliphatic carbocycles. The summed E-state index contributed by atoms with van der Waals surface area (Å²) in [5, 5.41) is 8.66. The number of ether oxygens (including phenoxy) is 1. The van der Waals surface area contributed by atoms with Crippen molar-refractivity contribution in [3.8, 4) is 5.75 Å². The van der Waals surface area contributed by atoms with Gasteiger partial charge in [0.05, 0.1) is 42.5 Å². The summed E-state index contributed by atoms with van der Waals surface area (Å²) < 4.78 is 6.65. The maximum Gasteiger partial charge on any atom is 0.275 e. The van der Waals surface area contributed by atoms with Crippen molar-refractivity contribution in [1.82, 2.24) is 20.1 Å². The van der Waals surface area contributed by atoms with Crippen molar-refractivity contribution >= 4 is 16.7 Å². The first kappa shape index (κ1) is 19.3. The molecule has 0 atom stereocenters. The van der Waals surface area contributed by atoms with E-state index in [0.717, 1.165) is 5.69 Å². The van der Waals surface area contributed by atoms with Gasteiger partial charge in [0.2, 0.25) is 0 Å². The summed E-state index contributed by atoms with van der Waals surface area (Å²) in [5.74, 6) is 0.216. The standard InChI is InChI=1S/C23H20N4O3/c1-30-21-12-5-4-11-19(21)22(28)25-14-20-17-9-2-3-10-18(17)23(29)27(26-20)15-16-8-6-7-13-24-16/h2-13H,14-15H2,1H3,(H,25,28). The second kappa shape index (κ2) is 8.57. The van der Waals surface area contributed by atoms with Crippen molar-refractivity contribution in [3.05, 3.63) is 100 Å². The molecular formula is C23H20N4O3. The molecule has 0 unspecified atom stereocenters. The van der Waals surface area contributed by atoms with Crippen molar-refractivity contribution in [2.45, 2.75) is 13.1 Å². The SMILES string of the molecule is COc1ccccc1C(=O)NCc1nn(Cc2ccccn2)c(=O)c2ccccc12. The van der Waals surface area contributed by atoms with Crippen LogP contribution in [0.25, 0.3) is 10.8 Å². The molecular weight excluding hydrogens is 380 g/mol. The number of pyridine rings is 1. The Kier molecular flexibility index (Phi) is 5.52. The van der Waals surface area contributed by atoms with Crippen molar-refractivity contribution in [3.63, 3.8) is 0 Å². The van der Waals surface area contributed by atoms with Gasteiger partial charge in [0.1, 0.15) is 5.75 Å². The van der Waals surface area contributed by atoms with Gasteiger partial charge in [-0.3, -0.25) is 14.6 Å². The lowest BCUT2D eigenvalue weighted by atomic mass is 10.1. The molecule has 0 aliphatic heterocycles. The fourth-order valence-electron chi connectivity index (χ4n) is 3.28. The Morgan fingerprint density at radius 1 is 1.00 bits per heavy atom. The Labute approximate surface area is 173 Å². The number of nitrogens with zero attached hydrogens (tertiary/aromatic N) is 3. The van der Waals surface area contributed by atoms with E-state index in [4.69, 9.17) is 4.74 Å². The fraction of sp³-hybridized carbons (Fsp3) is 0.130. The van der Waals surface area contributed by atoms with Crippen LogP contribution in [0.4, 0.5) is 0 Å². The van der Waals surface area contributed by atoms with Crippen LogP contribution in [0.1, 0.15) is 21.7 Å². The first-order valence-electron chi connectivity index (χ1n) is 9.47. The topological polar surface area (TPSA) is 86.1 Å². The number of para-hydroxylation sites is 1. The molecule has 7 heteroatoms. The first-order chi connectivity index (χ1) is 14.7. The van der Waals surface area contributed by atoms with Gasteiger partial charge in [-0.15, -0.1) is 0 Å². The Morgan fingerprint density at radius 2 is 1.73 bits per heavy atom. The van der Waals surface area contributed by atoms with E-state index in [2.05, 4.69) is 15.4 Å². The highest BCUT2D eigenvalue weighted by Gasteiger charge is 2.14. The van der Waals surface area contributed by atoms with Crippen LogP contribution in [0, 0.1) is 0 Å². The van der Waals surface area contributed by atoms with Gasteiger partial charge in [0.25, 0.3) is 11.5 Å². The monoisotopic (exact) mass is 400 g/mol. The van der Waals surface area contributed by atoms with E-state index in [1.807, 2.05) is 36.4 Å². The van der Waals surface area contributed by atoms with E-state index in [9.17, 15) is 9.59 Å². The number of hydrogen-bond acceptors (Lipinski definition) is 5. The van der Waals surface area contributed by atoms with E-state index >= 15 is 0 Å². The second-order valence-corrected chi connectivity index (χ2v) is 6.66. The third-order valence-electron chi connectivity index (χ3n) is 4.75. The number of carbonyl (C=O) groups excluding carboxylic acids is 1. The van der Waals surface area contributed by atoms with Gasteiger partial charge in [-0.25, -0.2) is 4.68 Å². The van der Waals surface area contributed by atoms with Crippen molar-refractivity contribution in [2.24, 2.45) is 0 Å². The zero-order valence-electron chi connectivity index (χ0n) is 16.4. The average Bonchev–Trinajstić information content (AvgIpc) is 2.80. The summed E-state index contributed by atoms with van der Waals surface area (Å²) in [6, 6.07) is 19.8. The lowest BCUT2D eigenvalue weighted by Gasteiger charge is -2.12. The molecule has 0 radical (unpaired) electrons. The summed E-state index contributed by atoms with van der Waals surface area (Å²) in [5.41, 5.74) is 1.57. The third-order valence-corrected chi connectivity index (χ3v) is 4.75. The van der Waals surface area contributed by atoms with Gasteiger partial charge in [-0.2, -0.15) is 5.10 Å². The molecule has 0 aliphatic rings. The number of methoxy groups -OCH3 is 1. The molecule has 150 valence electrons. The highest BCUT2D eigenvalue weighted by Crippen LogP contribution is 2.18. The molecule has 1 N–H and O–H groups in total. The average molecular weight is 400 g/mol. The van der Waals surface area contributed by atoms with Crippen LogP contribution >= 0.6 is 0 Å². The summed E-state index contributed by atoms with van der Waals surface area (Å²) in [4.78, 5) is 29.9. The van der Waals surface area contributed by atoms with Crippen LogP contribution < -0.4 is 15.6 Å². The van der Waals surface area contributed by atoms with Gasteiger partial charge < -0.3 is 10.1 Å². The number of nitrogens with one attached hydrogen (secondary N) is 1. The lowest BCUT2D eigenvalue weighted by Crippen LogP contribution is -2.29. The molecule has 1 amide bonds. The van der Waals surface area contributed by atoms with Crippen LogP contribution in [-0.4, -0.2) is 27.8 Å². The van der Waals surface area contributed by atoms with Crippen LogP contribution in [-0.2, 0) is 13.1 Å². The third kappa shape index (κ3) is 3.91. The molecule has 4 aromatic rings. The van der Waals surface area contributed by atoms with Crippen LogP contribution in [0.15, 0.2) is 77.7 Å². The molecule has 0 bridgehead atoms. The fourth-order valence-corrected chi connectivity index (χ4v) is 3.28. The molecule has 30 heavy (non-hydrogen) atoms. The summed E-state index contributed by atoms with van der Waals surface area (Å²) >= 11 is 0. The Hall–Kier alpha value is -4.00. The molecule has 0 spiro atoms. The van der Waals surface area contributed by atoms with Crippen LogP contribution in [0.5, 0.6) is 5.75 Å². The van der Waals surface area contributed by atoms with Crippen molar-refractivity contribution in [2.75, 3.05) is 7.11 Å². The van der Waals surface area contributed by atoms with E-state index < -0.39 is 0 Å². The van der Waals surface area contributed by atoms with E-state index in [-0.39, 0.29) is 24.6 Å². The predicted octanol–water partition coefficient (Wildman–Crippen LogP) is 2.78. The number of aromatic nitrogens is 3. The highest BCUT2D eigenvalue weighted by molar-refractivity contribution is 5.97. The number of carbonyl (C=O) groups is 1. The first-order valence-corrected chi connectivity index (χ1v) is 9.47. The summed E-state index contributed by atoms with van der Waals surface area (Å²) in [6.45, 7) is 0.415. The minimum atomic E-state index is -0.277. The lowest BCUT2D eigenvalue weighted by molar-refractivity contribution is 0.0947. The Balaban J connectivity index is 1.67. The van der Waals surface area contributed by atoms with Gasteiger partial charge in [0, 0.05) is 11.6 Å². The maximum atomic E-state index is 12.9. The van der Waals surface area contributed by atoms with E-state index in [1.54, 1.807) is 36.5 Å². The normalized spacial score (nSPS) is 10.7. The van der Waals surface area contributed by atoms with Crippen LogP contribution in [0.3, 0.4) is 0 Å². The Morgan fingerprint density at radius 3 is 2.50 bits per heavy atom. The maximum absolute atomic E-state index is 12.9. The molecule has 0 fully saturated rings. The predicted molar refractivity (Wildman–Crippen MR) is 114 cm³/mol. The van der Waals surface area contributed by atoms with Gasteiger partial charge in [0.15, 0.2) is 0 Å².